The highest BCUT2D eigenvalue weighted by Gasteiger charge is 2.16. The molecule has 4 nitrogen and oxygen atoms in total. The van der Waals surface area contributed by atoms with Crippen molar-refractivity contribution in [3.8, 4) is 33.9 Å². The molecule has 0 amide bonds. The SMILES string of the molecule is Cn1nc(-c2ccccc2Oc2ccccc2)c(-c2cc[c]cc2)cc1=O. The summed E-state index contributed by atoms with van der Waals surface area (Å²) in [5, 5.41) is 4.54. The maximum Gasteiger partial charge on any atom is 0.267 e. The third kappa shape index (κ3) is 3.51. The van der Waals surface area contributed by atoms with E-state index in [1.165, 1.54) is 4.68 Å². The largest absolute Gasteiger partial charge is 0.457 e. The number of ether oxygens (including phenoxy) is 1. The van der Waals surface area contributed by atoms with Crippen LogP contribution in [0.1, 0.15) is 0 Å². The summed E-state index contributed by atoms with van der Waals surface area (Å²) in [6.45, 7) is 0. The van der Waals surface area contributed by atoms with Gasteiger partial charge in [-0.1, -0.05) is 54.6 Å². The van der Waals surface area contributed by atoms with Crippen LogP contribution in [0, 0.1) is 6.07 Å². The standard InChI is InChI=1S/C23H17N2O2/c1-25-22(26)16-20(17-10-4-2-5-11-17)23(24-25)19-14-8-9-15-21(19)27-18-12-6-3-7-13-18/h3-16H,1H3. The Bertz CT molecular complexity index is 1120. The van der Waals surface area contributed by atoms with Crippen molar-refractivity contribution < 1.29 is 4.74 Å². The molecule has 131 valence electrons. The Balaban J connectivity index is 1.90. The number of aryl methyl sites for hydroxylation is 1. The lowest BCUT2D eigenvalue weighted by Crippen LogP contribution is -2.19. The van der Waals surface area contributed by atoms with Crippen LogP contribution in [0.25, 0.3) is 22.4 Å². The molecule has 1 heterocycles. The number of aromatic nitrogens is 2. The van der Waals surface area contributed by atoms with Crippen LogP contribution < -0.4 is 10.3 Å². The lowest BCUT2D eigenvalue weighted by atomic mass is 9.99. The minimum Gasteiger partial charge on any atom is -0.457 e. The summed E-state index contributed by atoms with van der Waals surface area (Å²) in [7, 11) is 1.65. The molecule has 0 aliphatic rings. The molecule has 0 unspecified atom stereocenters. The van der Waals surface area contributed by atoms with Crippen LogP contribution in [0.5, 0.6) is 11.5 Å². The van der Waals surface area contributed by atoms with E-state index in [1.807, 2.05) is 78.9 Å². The average Bonchev–Trinajstić information content (AvgIpc) is 2.72. The predicted octanol–water partition coefficient (Wildman–Crippen LogP) is 4.71. The molecule has 0 bridgehead atoms. The zero-order valence-corrected chi connectivity index (χ0v) is 14.8. The minimum atomic E-state index is -0.164. The molecule has 4 rings (SSSR count). The highest BCUT2D eigenvalue weighted by atomic mass is 16.5. The fourth-order valence-corrected chi connectivity index (χ4v) is 2.89. The van der Waals surface area contributed by atoms with Crippen LogP contribution >= 0.6 is 0 Å². The topological polar surface area (TPSA) is 44.1 Å². The lowest BCUT2D eigenvalue weighted by Gasteiger charge is -2.14. The monoisotopic (exact) mass is 353 g/mol. The number of nitrogens with zero attached hydrogens (tertiary/aromatic N) is 2. The first-order valence-corrected chi connectivity index (χ1v) is 8.59. The van der Waals surface area contributed by atoms with Crippen molar-refractivity contribution in [1.82, 2.24) is 9.78 Å². The molecule has 1 aromatic heterocycles. The number of para-hydroxylation sites is 2. The van der Waals surface area contributed by atoms with Crippen LogP contribution in [0.3, 0.4) is 0 Å². The van der Waals surface area contributed by atoms with Gasteiger partial charge in [-0.05, 0) is 35.9 Å². The van der Waals surface area contributed by atoms with Gasteiger partial charge in [0.1, 0.15) is 17.2 Å². The van der Waals surface area contributed by atoms with Crippen LogP contribution in [0.2, 0.25) is 0 Å². The lowest BCUT2D eigenvalue weighted by molar-refractivity contribution is 0.484. The van der Waals surface area contributed by atoms with Gasteiger partial charge in [0, 0.05) is 24.2 Å². The molecule has 0 fully saturated rings. The van der Waals surface area contributed by atoms with Crippen molar-refractivity contribution in [2.45, 2.75) is 0 Å². The molecule has 0 saturated carbocycles. The second-order valence-corrected chi connectivity index (χ2v) is 6.07. The van der Waals surface area contributed by atoms with Gasteiger partial charge in [0.15, 0.2) is 0 Å². The predicted molar refractivity (Wildman–Crippen MR) is 106 cm³/mol. The van der Waals surface area contributed by atoms with Gasteiger partial charge in [0.25, 0.3) is 5.56 Å². The third-order valence-electron chi connectivity index (χ3n) is 4.23. The minimum absolute atomic E-state index is 0.164. The van der Waals surface area contributed by atoms with Crippen LogP contribution in [0.15, 0.2) is 89.7 Å². The molecule has 3 aromatic carbocycles. The second-order valence-electron chi connectivity index (χ2n) is 6.07. The van der Waals surface area contributed by atoms with Crippen molar-refractivity contribution >= 4 is 0 Å². The third-order valence-corrected chi connectivity index (χ3v) is 4.23. The summed E-state index contributed by atoms with van der Waals surface area (Å²) in [6, 6.07) is 29.4. The fraction of sp³-hybridized carbons (Fsp3) is 0.0435. The highest BCUT2D eigenvalue weighted by molar-refractivity contribution is 5.83. The van der Waals surface area contributed by atoms with Gasteiger partial charge in [0.2, 0.25) is 0 Å². The van der Waals surface area contributed by atoms with Crippen molar-refractivity contribution in [2.24, 2.45) is 7.05 Å². The van der Waals surface area contributed by atoms with Crippen LogP contribution in [-0.2, 0) is 7.05 Å². The Kier molecular flexibility index (Phi) is 4.54. The van der Waals surface area contributed by atoms with Gasteiger partial charge in [-0.15, -0.1) is 0 Å². The van der Waals surface area contributed by atoms with Gasteiger partial charge in [-0.3, -0.25) is 4.79 Å². The number of benzene rings is 3. The van der Waals surface area contributed by atoms with E-state index < -0.39 is 0 Å². The maximum absolute atomic E-state index is 12.2. The molecule has 0 aliphatic carbocycles. The smallest absolute Gasteiger partial charge is 0.267 e. The Morgan fingerprint density at radius 3 is 2.37 bits per heavy atom. The molecule has 1 radical (unpaired) electrons. The van der Waals surface area contributed by atoms with Crippen molar-refractivity contribution in [3.05, 3.63) is 101 Å². The van der Waals surface area contributed by atoms with Gasteiger partial charge in [-0.25, -0.2) is 4.68 Å². The van der Waals surface area contributed by atoms with Crippen molar-refractivity contribution in [3.63, 3.8) is 0 Å². The Hall–Kier alpha value is -3.66. The number of hydrogen-bond donors (Lipinski definition) is 0. The van der Waals surface area contributed by atoms with Crippen molar-refractivity contribution in [1.29, 1.82) is 0 Å². The first-order valence-electron chi connectivity index (χ1n) is 8.59. The molecule has 0 saturated heterocycles. The summed E-state index contributed by atoms with van der Waals surface area (Å²) >= 11 is 0. The van der Waals surface area contributed by atoms with E-state index >= 15 is 0 Å². The van der Waals surface area contributed by atoms with Gasteiger partial charge >= 0.3 is 0 Å². The molecule has 0 N–H and O–H groups in total. The summed E-state index contributed by atoms with van der Waals surface area (Å²) in [5.41, 5.74) is 3.01. The van der Waals surface area contributed by atoms with E-state index in [9.17, 15) is 4.79 Å². The van der Waals surface area contributed by atoms with E-state index in [4.69, 9.17) is 4.74 Å². The zero-order chi connectivity index (χ0) is 18.6. The Morgan fingerprint density at radius 1 is 0.889 bits per heavy atom. The molecular formula is C23H17N2O2. The van der Waals surface area contributed by atoms with E-state index in [0.29, 0.717) is 11.4 Å². The zero-order valence-electron chi connectivity index (χ0n) is 14.8. The van der Waals surface area contributed by atoms with Crippen LogP contribution in [0.4, 0.5) is 0 Å². The van der Waals surface area contributed by atoms with Gasteiger partial charge in [-0.2, -0.15) is 5.10 Å². The molecule has 0 spiro atoms. The van der Waals surface area contributed by atoms with E-state index in [0.717, 1.165) is 22.4 Å². The summed E-state index contributed by atoms with van der Waals surface area (Å²) in [5.74, 6) is 1.42. The van der Waals surface area contributed by atoms with E-state index in [1.54, 1.807) is 13.1 Å². The number of hydrogen-bond acceptors (Lipinski definition) is 3. The Morgan fingerprint density at radius 2 is 1.59 bits per heavy atom. The van der Waals surface area contributed by atoms with E-state index in [2.05, 4.69) is 11.2 Å². The first-order chi connectivity index (χ1) is 13.2. The molecule has 0 atom stereocenters. The molecular weight excluding hydrogens is 336 g/mol. The van der Waals surface area contributed by atoms with Crippen LogP contribution in [-0.4, -0.2) is 9.78 Å². The molecule has 0 aliphatic heterocycles. The molecule has 27 heavy (non-hydrogen) atoms. The van der Waals surface area contributed by atoms with Crippen molar-refractivity contribution in [2.75, 3.05) is 0 Å². The normalized spacial score (nSPS) is 10.6. The van der Waals surface area contributed by atoms with E-state index in [-0.39, 0.29) is 5.56 Å². The molecule has 4 aromatic rings. The average molecular weight is 353 g/mol. The summed E-state index contributed by atoms with van der Waals surface area (Å²) in [4.78, 5) is 12.2. The quantitative estimate of drug-likeness (QED) is 0.534. The Labute approximate surface area is 157 Å². The molecule has 4 heteroatoms. The van der Waals surface area contributed by atoms with Gasteiger partial charge < -0.3 is 4.74 Å². The maximum atomic E-state index is 12.2. The fourth-order valence-electron chi connectivity index (χ4n) is 2.89. The van der Waals surface area contributed by atoms with Gasteiger partial charge in [0.05, 0.1) is 0 Å². The highest BCUT2D eigenvalue weighted by Crippen LogP contribution is 2.36. The second kappa shape index (κ2) is 7.30. The summed E-state index contributed by atoms with van der Waals surface area (Å²) < 4.78 is 7.43. The first kappa shape index (κ1) is 16.8. The number of rotatable bonds is 4. The summed E-state index contributed by atoms with van der Waals surface area (Å²) in [6.07, 6.45) is 0.